The highest BCUT2D eigenvalue weighted by Crippen LogP contribution is 2.56. The number of nitrogens with zero attached hydrogens (tertiary/aromatic N) is 2. The Bertz CT molecular complexity index is 1050. The molecule has 8 heteroatoms. The van der Waals surface area contributed by atoms with E-state index in [2.05, 4.69) is 0 Å². The minimum atomic E-state index is -0.676. The summed E-state index contributed by atoms with van der Waals surface area (Å²) >= 11 is 0. The van der Waals surface area contributed by atoms with Crippen molar-refractivity contribution in [1.29, 1.82) is 0 Å². The molecule has 0 spiro atoms. The van der Waals surface area contributed by atoms with E-state index < -0.39 is 10.9 Å². The number of hydrogen-bond acceptors (Lipinski definition) is 6. The quantitative estimate of drug-likeness (QED) is 0.253. The second kappa shape index (κ2) is 6.76. The van der Waals surface area contributed by atoms with Crippen LogP contribution in [-0.2, 0) is 9.59 Å². The normalized spacial score (nSPS) is 26.7. The van der Waals surface area contributed by atoms with Crippen LogP contribution < -0.4 is 9.64 Å². The van der Waals surface area contributed by atoms with Gasteiger partial charge in [-0.05, 0) is 61.4 Å². The molecule has 0 aromatic heterocycles. The molecule has 152 valence electrons. The number of fused-ring (bicyclic) bond motifs is 5. The fourth-order valence-electron chi connectivity index (χ4n) is 5.24. The molecular weight excluding hydrogens is 388 g/mol. The van der Waals surface area contributed by atoms with Gasteiger partial charge < -0.3 is 4.74 Å². The van der Waals surface area contributed by atoms with Gasteiger partial charge in [-0.2, -0.15) is 0 Å². The Hall–Kier alpha value is -3.55. The summed E-state index contributed by atoms with van der Waals surface area (Å²) in [5.41, 5.74) is 0.450. The molecule has 2 aromatic rings. The lowest BCUT2D eigenvalue weighted by atomic mass is 9.81. The van der Waals surface area contributed by atoms with E-state index in [1.807, 2.05) is 0 Å². The third kappa shape index (κ3) is 2.79. The van der Waals surface area contributed by atoms with Crippen molar-refractivity contribution in [3.05, 3.63) is 64.2 Å². The van der Waals surface area contributed by atoms with Crippen LogP contribution in [-0.4, -0.2) is 22.7 Å². The van der Waals surface area contributed by atoms with Gasteiger partial charge in [-0.15, -0.1) is 0 Å². The van der Waals surface area contributed by atoms with Crippen LogP contribution in [0.2, 0.25) is 0 Å². The van der Waals surface area contributed by atoms with Gasteiger partial charge in [0.15, 0.2) is 0 Å². The number of benzene rings is 2. The average molecular weight is 406 g/mol. The van der Waals surface area contributed by atoms with Crippen molar-refractivity contribution in [3.63, 3.8) is 0 Å². The molecule has 8 nitrogen and oxygen atoms in total. The molecule has 3 fully saturated rings. The van der Waals surface area contributed by atoms with Gasteiger partial charge in [0.2, 0.25) is 11.8 Å². The fourth-order valence-corrected chi connectivity index (χ4v) is 5.24. The van der Waals surface area contributed by atoms with Gasteiger partial charge in [-0.3, -0.25) is 24.6 Å². The van der Waals surface area contributed by atoms with Crippen molar-refractivity contribution in [2.24, 2.45) is 23.7 Å². The number of esters is 1. The molecule has 0 unspecified atom stereocenters. The Morgan fingerprint density at radius 1 is 1.00 bits per heavy atom. The smallest absolute Gasteiger partial charge is 0.343 e. The Morgan fingerprint density at radius 2 is 1.63 bits per heavy atom. The summed E-state index contributed by atoms with van der Waals surface area (Å²) in [6, 6.07) is 11.4. The Kier molecular flexibility index (Phi) is 4.16. The molecule has 2 bridgehead atoms. The van der Waals surface area contributed by atoms with Crippen LogP contribution in [0, 0.1) is 33.8 Å². The molecule has 4 atom stereocenters. The molecule has 2 aromatic carbocycles. The Morgan fingerprint density at radius 3 is 2.23 bits per heavy atom. The zero-order valence-electron chi connectivity index (χ0n) is 15.9. The largest absolute Gasteiger partial charge is 0.423 e. The summed E-state index contributed by atoms with van der Waals surface area (Å²) in [7, 11) is 0. The molecule has 5 rings (SSSR count). The maximum Gasteiger partial charge on any atom is 0.343 e. The summed E-state index contributed by atoms with van der Waals surface area (Å²) in [5, 5.41) is 10.7. The molecule has 0 radical (unpaired) electrons. The lowest BCUT2D eigenvalue weighted by molar-refractivity contribution is -0.384. The van der Waals surface area contributed by atoms with Gasteiger partial charge in [0.1, 0.15) is 5.75 Å². The Balaban J connectivity index is 1.37. The molecule has 1 saturated heterocycles. The van der Waals surface area contributed by atoms with Crippen LogP contribution in [0.4, 0.5) is 11.4 Å². The second-order valence-electron chi connectivity index (χ2n) is 8.09. The summed E-state index contributed by atoms with van der Waals surface area (Å²) in [6.07, 6.45) is 2.96. The molecule has 2 aliphatic carbocycles. The van der Waals surface area contributed by atoms with E-state index in [1.165, 1.54) is 41.3 Å². The van der Waals surface area contributed by atoms with E-state index in [4.69, 9.17) is 4.74 Å². The number of amides is 2. The van der Waals surface area contributed by atoms with Gasteiger partial charge in [-0.1, -0.05) is 6.07 Å². The molecule has 2 amide bonds. The van der Waals surface area contributed by atoms with Gasteiger partial charge in [0, 0.05) is 12.1 Å². The second-order valence-corrected chi connectivity index (χ2v) is 8.09. The van der Waals surface area contributed by atoms with Crippen LogP contribution in [0.1, 0.15) is 29.6 Å². The zero-order chi connectivity index (χ0) is 21.0. The number of nitro benzene ring substituents is 1. The summed E-state index contributed by atoms with van der Waals surface area (Å²) < 4.78 is 5.28. The maximum atomic E-state index is 13.0. The number of rotatable bonds is 4. The minimum absolute atomic E-state index is 0.109. The number of carbonyl (C=O) groups is 3. The Labute approximate surface area is 171 Å². The van der Waals surface area contributed by atoms with Gasteiger partial charge in [-0.25, -0.2) is 4.79 Å². The molecule has 1 aliphatic heterocycles. The minimum Gasteiger partial charge on any atom is -0.423 e. The van der Waals surface area contributed by atoms with E-state index >= 15 is 0 Å². The highest BCUT2D eigenvalue weighted by molar-refractivity contribution is 6.22. The van der Waals surface area contributed by atoms with Crippen LogP contribution in [0.25, 0.3) is 0 Å². The molecular formula is C22H18N2O6. The van der Waals surface area contributed by atoms with E-state index in [0.29, 0.717) is 5.69 Å². The van der Waals surface area contributed by atoms with E-state index in [-0.39, 0.29) is 52.5 Å². The zero-order valence-corrected chi connectivity index (χ0v) is 15.9. The number of non-ortho nitro benzene ring substituents is 1. The number of nitro groups is 1. The fraction of sp³-hybridized carbons (Fsp3) is 0.318. The number of ether oxygens (including phenoxy) is 1. The van der Waals surface area contributed by atoms with Gasteiger partial charge >= 0.3 is 5.97 Å². The summed E-state index contributed by atoms with van der Waals surface area (Å²) in [6.45, 7) is 0. The number of anilines is 1. The van der Waals surface area contributed by atoms with Gasteiger partial charge in [0.05, 0.1) is 28.0 Å². The molecule has 1 heterocycles. The van der Waals surface area contributed by atoms with Crippen LogP contribution >= 0.6 is 0 Å². The van der Waals surface area contributed by atoms with Crippen molar-refractivity contribution in [3.8, 4) is 5.75 Å². The molecule has 2 saturated carbocycles. The molecule has 0 N–H and O–H groups in total. The topological polar surface area (TPSA) is 107 Å². The predicted octanol–water partition coefficient (Wildman–Crippen LogP) is 3.35. The van der Waals surface area contributed by atoms with Crippen LogP contribution in [0.15, 0.2) is 48.5 Å². The van der Waals surface area contributed by atoms with Crippen LogP contribution in [0.5, 0.6) is 5.75 Å². The van der Waals surface area contributed by atoms with Crippen molar-refractivity contribution in [1.82, 2.24) is 0 Å². The maximum absolute atomic E-state index is 13.0. The average Bonchev–Trinajstić information content (AvgIpc) is 3.42. The third-order valence-electron chi connectivity index (χ3n) is 6.53. The van der Waals surface area contributed by atoms with Crippen molar-refractivity contribution in [2.45, 2.75) is 19.3 Å². The predicted molar refractivity (Wildman–Crippen MR) is 105 cm³/mol. The van der Waals surface area contributed by atoms with E-state index in [0.717, 1.165) is 19.3 Å². The van der Waals surface area contributed by atoms with Crippen molar-refractivity contribution in [2.75, 3.05) is 4.90 Å². The number of hydrogen-bond donors (Lipinski definition) is 0. The number of carbonyl (C=O) groups excluding carboxylic acids is 3. The highest BCUT2D eigenvalue weighted by atomic mass is 16.6. The SMILES string of the molecule is O=C(Oc1ccc([N+](=O)[O-])cc1)c1cccc(N2C(=O)[C@@H]3[C@H]4CC[C@H](C4)[C@@H]3C2=O)c1. The van der Waals surface area contributed by atoms with E-state index in [9.17, 15) is 24.5 Å². The first kappa shape index (κ1) is 18.5. The molecule has 30 heavy (non-hydrogen) atoms. The monoisotopic (exact) mass is 406 g/mol. The summed E-state index contributed by atoms with van der Waals surface area (Å²) in [5.74, 6) is -0.732. The van der Waals surface area contributed by atoms with E-state index in [1.54, 1.807) is 12.1 Å². The number of imide groups is 1. The first-order valence-corrected chi connectivity index (χ1v) is 9.88. The highest BCUT2D eigenvalue weighted by Gasteiger charge is 2.61. The first-order chi connectivity index (χ1) is 14.4. The van der Waals surface area contributed by atoms with Crippen LogP contribution in [0.3, 0.4) is 0 Å². The third-order valence-corrected chi connectivity index (χ3v) is 6.53. The summed E-state index contributed by atoms with van der Waals surface area (Å²) in [4.78, 5) is 49.9. The first-order valence-electron chi connectivity index (χ1n) is 9.88. The standard InChI is InChI=1S/C22H18N2O6/c25-20-18-12-4-5-13(10-12)19(18)21(26)23(20)16-3-1-2-14(11-16)22(27)30-17-8-6-15(7-9-17)24(28)29/h1-3,6-9,11-13,18-19H,4-5,10H2/t12-,13+,18+,19-. The van der Waals surface area contributed by atoms with Gasteiger partial charge in [0.25, 0.3) is 5.69 Å². The lowest BCUT2D eigenvalue weighted by Crippen LogP contribution is -2.32. The lowest BCUT2D eigenvalue weighted by Gasteiger charge is -2.19. The van der Waals surface area contributed by atoms with Crippen molar-refractivity contribution < 1.29 is 24.0 Å². The van der Waals surface area contributed by atoms with Crippen molar-refractivity contribution >= 4 is 29.2 Å². The molecule has 3 aliphatic rings.